The number of amides is 2. The van der Waals surface area contributed by atoms with Gasteiger partial charge in [0.1, 0.15) is 6.17 Å². The third-order valence-electron chi connectivity index (χ3n) is 3.52. The molecule has 0 aliphatic carbocycles. The van der Waals surface area contributed by atoms with E-state index in [2.05, 4.69) is 21.1 Å². The number of aliphatic carboxylic acids is 1. The predicted molar refractivity (Wildman–Crippen MR) is 97.2 cm³/mol. The SMILES string of the molecule is NC(N)=Nc1cccc(C(=O)NCC(=O)NN2C=CNC2CCC(=O)O)c1. The van der Waals surface area contributed by atoms with Gasteiger partial charge in [0.2, 0.25) is 0 Å². The van der Waals surface area contributed by atoms with Crippen LogP contribution in [0, 0.1) is 0 Å². The molecule has 0 saturated carbocycles. The molecule has 1 atom stereocenters. The summed E-state index contributed by atoms with van der Waals surface area (Å²) in [6, 6.07) is 6.30. The molecule has 11 heteroatoms. The number of rotatable bonds is 8. The van der Waals surface area contributed by atoms with E-state index in [1.54, 1.807) is 30.6 Å². The summed E-state index contributed by atoms with van der Waals surface area (Å²) in [5, 5.41) is 15.6. The van der Waals surface area contributed by atoms with E-state index < -0.39 is 17.8 Å². The number of nitrogens with two attached hydrogens (primary N) is 2. The molecule has 8 N–H and O–H groups in total. The zero-order valence-corrected chi connectivity index (χ0v) is 14.4. The van der Waals surface area contributed by atoms with E-state index in [0.29, 0.717) is 17.7 Å². The van der Waals surface area contributed by atoms with Crippen LogP contribution in [0.3, 0.4) is 0 Å². The number of hydrazine groups is 1. The van der Waals surface area contributed by atoms with E-state index >= 15 is 0 Å². The molecule has 2 rings (SSSR count). The van der Waals surface area contributed by atoms with E-state index in [4.69, 9.17) is 16.6 Å². The Hall–Kier alpha value is -3.76. The van der Waals surface area contributed by atoms with Crippen molar-refractivity contribution in [2.75, 3.05) is 6.54 Å². The number of nitrogens with one attached hydrogen (secondary N) is 3. The Morgan fingerprint density at radius 1 is 1.30 bits per heavy atom. The van der Waals surface area contributed by atoms with Gasteiger partial charge in [-0.05, 0) is 24.6 Å². The first-order valence-corrected chi connectivity index (χ1v) is 8.05. The monoisotopic (exact) mass is 375 g/mol. The maximum Gasteiger partial charge on any atom is 0.303 e. The van der Waals surface area contributed by atoms with Gasteiger partial charge in [0.25, 0.3) is 11.8 Å². The second kappa shape index (κ2) is 9.08. The second-order valence-electron chi connectivity index (χ2n) is 5.64. The van der Waals surface area contributed by atoms with Crippen LogP contribution in [0.1, 0.15) is 23.2 Å². The number of guanidine groups is 1. The third kappa shape index (κ3) is 6.23. The summed E-state index contributed by atoms with van der Waals surface area (Å²) in [4.78, 5) is 38.7. The highest BCUT2D eigenvalue weighted by Crippen LogP contribution is 2.13. The van der Waals surface area contributed by atoms with Gasteiger partial charge in [-0.15, -0.1) is 0 Å². The Morgan fingerprint density at radius 3 is 2.78 bits per heavy atom. The minimum absolute atomic E-state index is 0.0470. The molecular weight excluding hydrogens is 354 g/mol. The molecule has 1 heterocycles. The fourth-order valence-corrected chi connectivity index (χ4v) is 2.33. The highest BCUT2D eigenvalue weighted by Gasteiger charge is 2.21. The molecule has 0 spiro atoms. The van der Waals surface area contributed by atoms with Crippen molar-refractivity contribution in [3.05, 3.63) is 42.2 Å². The van der Waals surface area contributed by atoms with Crippen LogP contribution in [0.15, 0.2) is 41.7 Å². The summed E-state index contributed by atoms with van der Waals surface area (Å²) in [7, 11) is 0. The minimum atomic E-state index is -0.926. The zero-order chi connectivity index (χ0) is 19.8. The number of hydrogen-bond donors (Lipinski definition) is 6. The summed E-state index contributed by atoms with van der Waals surface area (Å²) in [6.45, 7) is -0.263. The average Bonchev–Trinajstić information content (AvgIpc) is 3.04. The Bertz CT molecular complexity index is 774. The number of aliphatic imine (C=N–C) groups is 1. The molecule has 0 saturated heterocycles. The molecule has 144 valence electrons. The standard InChI is InChI=1S/C16H21N7O4/c17-16(18)21-11-3-1-2-10(8-11)15(27)20-9-13(24)22-23-7-6-19-12(23)4-5-14(25)26/h1-3,6-8,12,19H,4-5,9H2,(H,20,27)(H,22,24)(H,25,26)(H4,17,18,21). The molecule has 1 unspecified atom stereocenters. The lowest BCUT2D eigenvalue weighted by atomic mass is 10.2. The summed E-state index contributed by atoms with van der Waals surface area (Å²) < 4.78 is 0. The summed E-state index contributed by atoms with van der Waals surface area (Å²) >= 11 is 0. The molecule has 1 aliphatic rings. The molecule has 0 bridgehead atoms. The van der Waals surface area contributed by atoms with Gasteiger partial charge in [0.15, 0.2) is 5.96 Å². The van der Waals surface area contributed by atoms with Crippen molar-refractivity contribution in [1.29, 1.82) is 0 Å². The van der Waals surface area contributed by atoms with Gasteiger partial charge < -0.3 is 27.2 Å². The Labute approximate surface area is 155 Å². The number of carbonyl (C=O) groups is 3. The second-order valence-corrected chi connectivity index (χ2v) is 5.64. The Kier molecular flexibility index (Phi) is 6.58. The van der Waals surface area contributed by atoms with Crippen molar-refractivity contribution < 1.29 is 19.5 Å². The zero-order valence-electron chi connectivity index (χ0n) is 14.4. The van der Waals surface area contributed by atoms with Crippen LogP contribution in [-0.4, -0.2) is 46.6 Å². The smallest absolute Gasteiger partial charge is 0.303 e. The van der Waals surface area contributed by atoms with Crippen molar-refractivity contribution in [1.82, 2.24) is 21.1 Å². The van der Waals surface area contributed by atoms with E-state index in [0.717, 1.165) is 0 Å². The lowest BCUT2D eigenvalue weighted by molar-refractivity contribution is -0.137. The van der Waals surface area contributed by atoms with Gasteiger partial charge in [0.05, 0.1) is 12.2 Å². The lowest BCUT2D eigenvalue weighted by Gasteiger charge is -2.25. The quantitative estimate of drug-likeness (QED) is 0.246. The highest BCUT2D eigenvalue weighted by molar-refractivity contribution is 5.97. The van der Waals surface area contributed by atoms with Crippen LogP contribution in [0.25, 0.3) is 0 Å². The topological polar surface area (TPSA) is 175 Å². The van der Waals surface area contributed by atoms with E-state index in [1.165, 1.54) is 11.1 Å². The van der Waals surface area contributed by atoms with Crippen molar-refractivity contribution in [2.24, 2.45) is 16.5 Å². The van der Waals surface area contributed by atoms with Crippen molar-refractivity contribution in [3.8, 4) is 0 Å². The molecule has 1 aromatic carbocycles. The number of benzene rings is 1. The van der Waals surface area contributed by atoms with Crippen LogP contribution in [0.5, 0.6) is 0 Å². The maximum absolute atomic E-state index is 12.2. The van der Waals surface area contributed by atoms with E-state index in [1.807, 2.05) is 0 Å². The fourth-order valence-electron chi connectivity index (χ4n) is 2.33. The van der Waals surface area contributed by atoms with E-state index in [-0.39, 0.29) is 25.1 Å². The van der Waals surface area contributed by atoms with Gasteiger partial charge in [-0.3, -0.25) is 24.8 Å². The van der Waals surface area contributed by atoms with Gasteiger partial charge in [-0.1, -0.05) is 6.07 Å². The number of carbonyl (C=O) groups excluding carboxylic acids is 2. The first-order valence-electron chi connectivity index (χ1n) is 8.05. The van der Waals surface area contributed by atoms with Crippen LogP contribution in [0.4, 0.5) is 5.69 Å². The summed E-state index contributed by atoms with van der Waals surface area (Å²) in [6.07, 6.45) is 3.06. The first kappa shape index (κ1) is 19.6. The molecule has 2 amide bonds. The average molecular weight is 375 g/mol. The van der Waals surface area contributed by atoms with Crippen LogP contribution < -0.4 is 27.5 Å². The highest BCUT2D eigenvalue weighted by atomic mass is 16.4. The third-order valence-corrected chi connectivity index (χ3v) is 3.52. The molecular formula is C16H21N7O4. The predicted octanol–water partition coefficient (Wildman–Crippen LogP) is -1.08. The molecule has 0 fully saturated rings. The van der Waals surface area contributed by atoms with Crippen LogP contribution in [0.2, 0.25) is 0 Å². The Balaban J connectivity index is 1.84. The molecule has 0 aromatic heterocycles. The maximum atomic E-state index is 12.2. The van der Waals surface area contributed by atoms with Gasteiger partial charge in [-0.2, -0.15) is 0 Å². The van der Waals surface area contributed by atoms with E-state index in [9.17, 15) is 14.4 Å². The first-order chi connectivity index (χ1) is 12.8. The molecule has 0 radical (unpaired) electrons. The van der Waals surface area contributed by atoms with Gasteiger partial charge >= 0.3 is 5.97 Å². The van der Waals surface area contributed by atoms with Gasteiger partial charge in [0, 0.05) is 24.4 Å². The number of carboxylic acid groups (broad SMARTS) is 1. The fraction of sp³-hybridized carbons (Fsp3) is 0.250. The summed E-state index contributed by atoms with van der Waals surface area (Å²) in [5.41, 5.74) is 13.9. The normalized spacial score (nSPS) is 15.0. The minimum Gasteiger partial charge on any atom is -0.481 e. The molecule has 11 nitrogen and oxygen atoms in total. The van der Waals surface area contributed by atoms with Crippen LogP contribution in [-0.2, 0) is 9.59 Å². The van der Waals surface area contributed by atoms with Crippen molar-refractivity contribution >= 4 is 29.4 Å². The summed E-state index contributed by atoms with van der Waals surface area (Å²) in [5.74, 6) is -1.98. The largest absolute Gasteiger partial charge is 0.481 e. The Morgan fingerprint density at radius 2 is 2.07 bits per heavy atom. The van der Waals surface area contributed by atoms with Crippen molar-refractivity contribution in [2.45, 2.75) is 19.0 Å². The molecule has 1 aromatic rings. The van der Waals surface area contributed by atoms with Gasteiger partial charge in [-0.25, -0.2) is 4.99 Å². The van der Waals surface area contributed by atoms with Crippen molar-refractivity contribution in [3.63, 3.8) is 0 Å². The number of nitrogens with zero attached hydrogens (tertiary/aromatic N) is 2. The number of carboxylic acids is 1. The number of hydrogen-bond acceptors (Lipinski definition) is 6. The molecule has 1 aliphatic heterocycles. The molecule has 27 heavy (non-hydrogen) atoms. The lowest BCUT2D eigenvalue weighted by Crippen LogP contribution is -2.49. The van der Waals surface area contributed by atoms with Crippen LogP contribution >= 0.6 is 0 Å².